The van der Waals surface area contributed by atoms with Gasteiger partial charge in [0, 0.05) is 19.2 Å². The van der Waals surface area contributed by atoms with Crippen molar-refractivity contribution >= 4 is 11.6 Å². The molecule has 0 fully saturated rings. The van der Waals surface area contributed by atoms with Gasteiger partial charge >= 0.3 is 0 Å². The molecule has 2 N–H and O–H groups in total. The SMILES string of the molecule is CNc1ncnc(NCc2ccccc2OC)c1OC. The molecule has 0 atom stereocenters. The van der Waals surface area contributed by atoms with Crippen LogP contribution >= 0.6 is 0 Å². The lowest BCUT2D eigenvalue weighted by molar-refractivity contribution is 0.409. The van der Waals surface area contributed by atoms with Crippen molar-refractivity contribution in [3.8, 4) is 11.5 Å². The van der Waals surface area contributed by atoms with Crippen molar-refractivity contribution in [3.63, 3.8) is 0 Å². The third-order valence-electron chi connectivity index (χ3n) is 2.88. The summed E-state index contributed by atoms with van der Waals surface area (Å²) in [6.07, 6.45) is 1.49. The Morgan fingerprint density at radius 3 is 2.50 bits per heavy atom. The van der Waals surface area contributed by atoms with Gasteiger partial charge in [-0.25, -0.2) is 9.97 Å². The Balaban J connectivity index is 2.19. The summed E-state index contributed by atoms with van der Waals surface area (Å²) < 4.78 is 10.6. The fourth-order valence-corrected chi connectivity index (χ4v) is 1.90. The van der Waals surface area contributed by atoms with Gasteiger partial charge in [-0.1, -0.05) is 18.2 Å². The molecular formula is C14H18N4O2. The first-order valence-electron chi connectivity index (χ1n) is 6.22. The molecule has 1 aromatic heterocycles. The number of para-hydroxylation sites is 1. The van der Waals surface area contributed by atoms with Crippen molar-refractivity contribution in [1.29, 1.82) is 0 Å². The Labute approximate surface area is 118 Å². The quantitative estimate of drug-likeness (QED) is 0.841. The summed E-state index contributed by atoms with van der Waals surface area (Å²) in [6, 6.07) is 7.83. The van der Waals surface area contributed by atoms with E-state index in [0.717, 1.165) is 11.3 Å². The minimum absolute atomic E-state index is 0.584. The van der Waals surface area contributed by atoms with Gasteiger partial charge in [-0.2, -0.15) is 0 Å². The summed E-state index contributed by atoms with van der Waals surface area (Å²) in [5.41, 5.74) is 1.04. The second-order valence-electron chi connectivity index (χ2n) is 4.02. The highest BCUT2D eigenvalue weighted by Gasteiger charge is 2.11. The minimum atomic E-state index is 0.584. The predicted octanol–water partition coefficient (Wildman–Crippen LogP) is 2.15. The Bertz CT molecular complexity index is 575. The standard InChI is InChI=1S/C14H18N4O2/c1-15-13-12(20-3)14(18-9-17-13)16-8-10-6-4-5-7-11(10)19-2/h4-7,9H,8H2,1-3H3,(H2,15,16,17,18). The molecule has 2 rings (SSSR count). The monoisotopic (exact) mass is 274 g/mol. The summed E-state index contributed by atoms with van der Waals surface area (Å²) in [5, 5.41) is 6.20. The molecule has 6 nitrogen and oxygen atoms in total. The first kappa shape index (κ1) is 13.9. The number of aromatic nitrogens is 2. The van der Waals surface area contributed by atoms with Crippen LogP contribution in [0.5, 0.6) is 11.5 Å². The van der Waals surface area contributed by atoms with Gasteiger partial charge in [0.2, 0.25) is 5.75 Å². The molecule has 20 heavy (non-hydrogen) atoms. The maximum Gasteiger partial charge on any atom is 0.204 e. The lowest BCUT2D eigenvalue weighted by Gasteiger charge is -2.13. The molecular weight excluding hydrogens is 256 g/mol. The first-order valence-corrected chi connectivity index (χ1v) is 6.22. The van der Waals surface area contributed by atoms with Crippen molar-refractivity contribution in [2.24, 2.45) is 0 Å². The summed E-state index contributed by atoms with van der Waals surface area (Å²) in [4.78, 5) is 8.31. The van der Waals surface area contributed by atoms with E-state index in [-0.39, 0.29) is 0 Å². The molecule has 0 aliphatic rings. The van der Waals surface area contributed by atoms with E-state index in [4.69, 9.17) is 9.47 Å². The fourth-order valence-electron chi connectivity index (χ4n) is 1.90. The molecule has 0 spiro atoms. The van der Waals surface area contributed by atoms with Crippen molar-refractivity contribution in [2.45, 2.75) is 6.54 Å². The molecule has 2 aromatic rings. The van der Waals surface area contributed by atoms with E-state index < -0.39 is 0 Å². The van der Waals surface area contributed by atoms with E-state index in [9.17, 15) is 0 Å². The Kier molecular flexibility index (Phi) is 4.60. The third kappa shape index (κ3) is 2.90. The number of hydrogen-bond donors (Lipinski definition) is 2. The smallest absolute Gasteiger partial charge is 0.204 e. The molecule has 1 heterocycles. The van der Waals surface area contributed by atoms with Crippen molar-refractivity contribution in [3.05, 3.63) is 36.2 Å². The molecule has 0 saturated heterocycles. The molecule has 0 bridgehead atoms. The highest BCUT2D eigenvalue weighted by atomic mass is 16.5. The average Bonchev–Trinajstić information content (AvgIpc) is 2.52. The average molecular weight is 274 g/mol. The van der Waals surface area contributed by atoms with E-state index in [1.807, 2.05) is 24.3 Å². The summed E-state index contributed by atoms with van der Waals surface area (Å²) in [7, 11) is 5.03. The largest absolute Gasteiger partial charge is 0.496 e. The number of anilines is 2. The molecule has 0 radical (unpaired) electrons. The maximum absolute atomic E-state index is 5.33. The fraction of sp³-hybridized carbons (Fsp3) is 0.286. The number of ether oxygens (including phenoxy) is 2. The second kappa shape index (κ2) is 6.60. The molecule has 0 unspecified atom stereocenters. The number of methoxy groups -OCH3 is 2. The van der Waals surface area contributed by atoms with Gasteiger partial charge in [0.25, 0.3) is 0 Å². The van der Waals surface area contributed by atoms with Gasteiger partial charge in [-0.3, -0.25) is 0 Å². The van der Waals surface area contributed by atoms with Crippen LogP contribution in [-0.4, -0.2) is 31.2 Å². The van der Waals surface area contributed by atoms with Gasteiger partial charge in [0.1, 0.15) is 12.1 Å². The highest BCUT2D eigenvalue weighted by molar-refractivity contribution is 5.63. The predicted molar refractivity (Wildman–Crippen MR) is 78.5 cm³/mol. The van der Waals surface area contributed by atoms with Crippen LogP contribution in [0, 0.1) is 0 Å². The number of nitrogens with zero attached hydrogens (tertiary/aromatic N) is 2. The van der Waals surface area contributed by atoms with Crippen LogP contribution < -0.4 is 20.1 Å². The zero-order chi connectivity index (χ0) is 14.4. The molecule has 0 amide bonds. The lowest BCUT2D eigenvalue weighted by atomic mass is 10.2. The summed E-state index contributed by atoms with van der Waals surface area (Å²) >= 11 is 0. The maximum atomic E-state index is 5.33. The van der Waals surface area contributed by atoms with Crippen molar-refractivity contribution < 1.29 is 9.47 Å². The van der Waals surface area contributed by atoms with E-state index in [2.05, 4.69) is 20.6 Å². The molecule has 0 aliphatic carbocycles. The highest BCUT2D eigenvalue weighted by Crippen LogP contribution is 2.29. The molecule has 6 heteroatoms. The summed E-state index contributed by atoms with van der Waals surface area (Å²) in [6.45, 7) is 0.584. The zero-order valence-corrected chi connectivity index (χ0v) is 11.8. The zero-order valence-electron chi connectivity index (χ0n) is 11.8. The van der Waals surface area contributed by atoms with Gasteiger partial charge in [-0.05, 0) is 6.07 Å². The third-order valence-corrected chi connectivity index (χ3v) is 2.88. The molecule has 1 aromatic carbocycles. The van der Waals surface area contributed by atoms with Gasteiger partial charge < -0.3 is 20.1 Å². The van der Waals surface area contributed by atoms with Crippen molar-refractivity contribution in [2.75, 3.05) is 31.9 Å². The minimum Gasteiger partial charge on any atom is -0.496 e. The second-order valence-corrected chi connectivity index (χ2v) is 4.02. The van der Waals surface area contributed by atoms with Crippen molar-refractivity contribution in [1.82, 2.24) is 9.97 Å². The topological polar surface area (TPSA) is 68.3 Å². The molecule has 0 saturated carbocycles. The van der Waals surface area contributed by atoms with Crippen LogP contribution in [0.25, 0.3) is 0 Å². The van der Waals surface area contributed by atoms with Crippen LogP contribution in [0.2, 0.25) is 0 Å². The molecule has 0 aliphatic heterocycles. The normalized spacial score (nSPS) is 9.95. The van der Waals surface area contributed by atoms with E-state index in [1.165, 1.54) is 6.33 Å². The number of hydrogen-bond acceptors (Lipinski definition) is 6. The van der Waals surface area contributed by atoms with Crippen LogP contribution in [-0.2, 0) is 6.54 Å². The first-order chi connectivity index (χ1) is 9.80. The number of benzene rings is 1. The molecule has 106 valence electrons. The van der Waals surface area contributed by atoms with E-state index in [1.54, 1.807) is 21.3 Å². The van der Waals surface area contributed by atoms with Crippen LogP contribution in [0.4, 0.5) is 11.6 Å². The lowest BCUT2D eigenvalue weighted by Crippen LogP contribution is -2.07. The van der Waals surface area contributed by atoms with Crippen LogP contribution in [0.3, 0.4) is 0 Å². The number of rotatable bonds is 6. The number of nitrogens with one attached hydrogen (secondary N) is 2. The Morgan fingerprint density at radius 1 is 1.05 bits per heavy atom. The van der Waals surface area contributed by atoms with Crippen LogP contribution in [0.1, 0.15) is 5.56 Å². The van der Waals surface area contributed by atoms with Crippen LogP contribution in [0.15, 0.2) is 30.6 Å². The van der Waals surface area contributed by atoms with E-state index in [0.29, 0.717) is 23.9 Å². The van der Waals surface area contributed by atoms with E-state index >= 15 is 0 Å². The Hall–Kier alpha value is -2.50. The summed E-state index contributed by atoms with van der Waals surface area (Å²) in [5.74, 6) is 2.70. The van der Waals surface area contributed by atoms with Gasteiger partial charge in [0.05, 0.1) is 14.2 Å². The van der Waals surface area contributed by atoms with Gasteiger partial charge in [0.15, 0.2) is 11.6 Å². The van der Waals surface area contributed by atoms with Gasteiger partial charge in [-0.15, -0.1) is 0 Å². The Morgan fingerprint density at radius 2 is 1.80 bits per heavy atom.